The van der Waals surface area contributed by atoms with E-state index in [2.05, 4.69) is 28.6 Å². The predicted molar refractivity (Wildman–Crippen MR) is 86.7 cm³/mol. The Labute approximate surface area is 130 Å². The summed E-state index contributed by atoms with van der Waals surface area (Å²) in [5.74, 6) is 0.00587. The molecule has 1 saturated heterocycles. The van der Waals surface area contributed by atoms with Crippen molar-refractivity contribution >= 4 is 22.4 Å². The Bertz CT molecular complexity index is 452. The zero-order chi connectivity index (χ0) is 15.2. The van der Waals surface area contributed by atoms with Crippen LogP contribution in [0.5, 0.6) is 0 Å². The fourth-order valence-electron chi connectivity index (χ4n) is 2.55. The maximum atomic E-state index is 12.3. The first kappa shape index (κ1) is 16.2. The van der Waals surface area contributed by atoms with Crippen LogP contribution in [0.15, 0.2) is 5.38 Å². The highest BCUT2D eigenvalue weighted by molar-refractivity contribution is 7.13. The summed E-state index contributed by atoms with van der Waals surface area (Å²) in [4.78, 5) is 23.1. The molecule has 1 aliphatic rings. The molecule has 0 radical (unpaired) electrons. The minimum atomic E-state index is 0.00587. The van der Waals surface area contributed by atoms with Gasteiger partial charge in [-0.25, -0.2) is 4.98 Å². The summed E-state index contributed by atoms with van der Waals surface area (Å²) in [6, 6.07) is 0. The number of amides is 1. The minimum absolute atomic E-state index is 0.00587. The second kappa shape index (κ2) is 7.72. The van der Waals surface area contributed by atoms with Crippen molar-refractivity contribution in [1.29, 1.82) is 0 Å². The molecule has 2 heterocycles. The molecule has 7 heteroatoms. The number of rotatable bonds is 6. The fourth-order valence-corrected chi connectivity index (χ4v) is 3.08. The molecule has 6 nitrogen and oxygen atoms in total. The van der Waals surface area contributed by atoms with Crippen LogP contribution in [0.3, 0.4) is 0 Å². The van der Waals surface area contributed by atoms with Crippen LogP contribution in [0.2, 0.25) is 0 Å². The number of anilines is 1. The molecular weight excluding hydrogens is 286 g/mol. The van der Waals surface area contributed by atoms with Gasteiger partial charge in [0.25, 0.3) is 5.91 Å². The Morgan fingerprint density at radius 1 is 1.33 bits per heavy atom. The molecule has 0 unspecified atom stereocenters. The number of thiazole rings is 1. The van der Waals surface area contributed by atoms with E-state index >= 15 is 0 Å². The molecule has 21 heavy (non-hydrogen) atoms. The summed E-state index contributed by atoms with van der Waals surface area (Å²) in [7, 11) is 0. The third kappa shape index (κ3) is 4.39. The summed E-state index contributed by atoms with van der Waals surface area (Å²) in [6.45, 7) is 12.2. The van der Waals surface area contributed by atoms with Gasteiger partial charge in [0.1, 0.15) is 5.69 Å². The molecule has 118 valence electrons. The van der Waals surface area contributed by atoms with E-state index in [1.807, 2.05) is 4.90 Å². The fraction of sp³-hybridized carbons (Fsp3) is 0.714. The highest BCUT2D eigenvalue weighted by atomic mass is 32.1. The van der Waals surface area contributed by atoms with E-state index in [-0.39, 0.29) is 5.91 Å². The molecule has 1 aromatic rings. The summed E-state index contributed by atoms with van der Waals surface area (Å²) >= 11 is 1.32. The number of nitrogens with zero attached hydrogens (tertiary/aromatic N) is 4. The van der Waals surface area contributed by atoms with Crippen molar-refractivity contribution in [2.24, 2.45) is 0 Å². The lowest BCUT2D eigenvalue weighted by Crippen LogP contribution is -2.50. The number of carbonyl (C=O) groups excluding carboxylic acids is 1. The van der Waals surface area contributed by atoms with Gasteiger partial charge in [-0.15, -0.1) is 11.3 Å². The van der Waals surface area contributed by atoms with Crippen molar-refractivity contribution < 1.29 is 4.79 Å². The highest BCUT2D eigenvalue weighted by Gasteiger charge is 2.23. The summed E-state index contributed by atoms with van der Waals surface area (Å²) in [6.07, 6.45) is 0. The Hall–Kier alpha value is -1.18. The number of piperazine rings is 1. The van der Waals surface area contributed by atoms with Gasteiger partial charge < -0.3 is 15.5 Å². The number of nitrogen functional groups attached to an aromatic ring is 1. The lowest BCUT2D eigenvalue weighted by molar-refractivity contribution is 0.0620. The van der Waals surface area contributed by atoms with Gasteiger partial charge in [-0.2, -0.15) is 0 Å². The second-order valence-corrected chi connectivity index (χ2v) is 6.12. The minimum Gasteiger partial charge on any atom is -0.375 e. The number of hydrogen-bond donors (Lipinski definition) is 1. The Morgan fingerprint density at radius 2 is 2.00 bits per heavy atom. The van der Waals surface area contributed by atoms with Crippen LogP contribution in [0.25, 0.3) is 0 Å². The molecule has 0 bridgehead atoms. The molecule has 0 saturated carbocycles. The molecular formula is C14H25N5OS. The van der Waals surface area contributed by atoms with E-state index in [9.17, 15) is 4.79 Å². The van der Waals surface area contributed by atoms with Crippen molar-refractivity contribution in [3.05, 3.63) is 11.1 Å². The molecule has 0 aromatic carbocycles. The van der Waals surface area contributed by atoms with E-state index in [4.69, 9.17) is 5.73 Å². The summed E-state index contributed by atoms with van der Waals surface area (Å²) in [5.41, 5.74) is 6.07. The molecule has 2 N–H and O–H groups in total. The average molecular weight is 311 g/mol. The van der Waals surface area contributed by atoms with E-state index in [0.717, 1.165) is 52.4 Å². The first-order valence-corrected chi connectivity index (χ1v) is 8.47. The Morgan fingerprint density at radius 3 is 2.52 bits per heavy atom. The van der Waals surface area contributed by atoms with Crippen molar-refractivity contribution in [1.82, 2.24) is 19.7 Å². The monoisotopic (exact) mass is 311 g/mol. The van der Waals surface area contributed by atoms with Gasteiger partial charge in [0, 0.05) is 44.6 Å². The third-order valence-corrected chi connectivity index (χ3v) is 4.70. The molecule has 0 aliphatic carbocycles. The van der Waals surface area contributed by atoms with Gasteiger partial charge in [-0.1, -0.05) is 13.8 Å². The van der Waals surface area contributed by atoms with Crippen LogP contribution in [0.4, 0.5) is 5.13 Å². The summed E-state index contributed by atoms with van der Waals surface area (Å²) < 4.78 is 0. The van der Waals surface area contributed by atoms with Gasteiger partial charge in [0.2, 0.25) is 0 Å². The second-order valence-electron chi connectivity index (χ2n) is 5.23. The van der Waals surface area contributed by atoms with E-state index in [0.29, 0.717) is 10.8 Å². The molecule has 0 spiro atoms. The molecule has 0 atom stereocenters. The van der Waals surface area contributed by atoms with E-state index < -0.39 is 0 Å². The number of carbonyl (C=O) groups is 1. The largest absolute Gasteiger partial charge is 0.375 e. The Kier molecular flexibility index (Phi) is 5.96. The van der Waals surface area contributed by atoms with Crippen molar-refractivity contribution in [2.75, 3.05) is 58.1 Å². The molecule has 1 amide bonds. The maximum absolute atomic E-state index is 12.3. The maximum Gasteiger partial charge on any atom is 0.273 e. The van der Waals surface area contributed by atoms with Crippen LogP contribution in [-0.4, -0.2) is 77.9 Å². The standard InChI is InChI=1S/C14H25N5OS/c1-3-17(4-2)5-6-18-7-9-19(10-8-18)13(20)12-11-21-14(15)16-12/h11H,3-10H2,1-2H3,(H2,15,16). The highest BCUT2D eigenvalue weighted by Crippen LogP contribution is 2.14. The third-order valence-electron chi connectivity index (χ3n) is 4.03. The van der Waals surface area contributed by atoms with E-state index in [1.54, 1.807) is 5.38 Å². The lowest BCUT2D eigenvalue weighted by atomic mass is 10.3. The van der Waals surface area contributed by atoms with Crippen LogP contribution in [-0.2, 0) is 0 Å². The zero-order valence-electron chi connectivity index (χ0n) is 12.9. The number of hydrogen-bond acceptors (Lipinski definition) is 6. The summed E-state index contributed by atoms with van der Waals surface area (Å²) in [5, 5.41) is 2.20. The van der Waals surface area contributed by atoms with Crippen molar-refractivity contribution in [3.63, 3.8) is 0 Å². The number of likely N-dealkylation sites (N-methyl/N-ethyl adjacent to an activating group) is 1. The quantitative estimate of drug-likeness (QED) is 0.843. The van der Waals surface area contributed by atoms with Crippen molar-refractivity contribution in [2.45, 2.75) is 13.8 Å². The topological polar surface area (TPSA) is 65.7 Å². The SMILES string of the molecule is CCN(CC)CCN1CCN(C(=O)c2csc(N)n2)CC1. The van der Waals surface area contributed by atoms with Crippen molar-refractivity contribution in [3.8, 4) is 0 Å². The normalized spacial score (nSPS) is 16.6. The lowest BCUT2D eigenvalue weighted by Gasteiger charge is -2.35. The van der Waals surface area contributed by atoms with Gasteiger partial charge in [0.15, 0.2) is 5.13 Å². The van der Waals surface area contributed by atoms with E-state index in [1.165, 1.54) is 11.3 Å². The first-order chi connectivity index (χ1) is 10.1. The molecule has 2 rings (SSSR count). The van der Waals surface area contributed by atoms with Gasteiger partial charge in [-0.3, -0.25) is 9.69 Å². The molecule has 1 aliphatic heterocycles. The van der Waals surface area contributed by atoms with Crippen LogP contribution < -0.4 is 5.73 Å². The van der Waals surface area contributed by atoms with Crippen LogP contribution in [0.1, 0.15) is 24.3 Å². The van der Waals surface area contributed by atoms with Gasteiger partial charge in [0.05, 0.1) is 0 Å². The van der Waals surface area contributed by atoms with Gasteiger partial charge in [-0.05, 0) is 13.1 Å². The average Bonchev–Trinajstić information content (AvgIpc) is 2.95. The Balaban J connectivity index is 1.76. The molecule has 1 fully saturated rings. The number of aromatic nitrogens is 1. The first-order valence-electron chi connectivity index (χ1n) is 7.59. The predicted octanol–water partition coefficient (Wildman–Crippen LogP) is 0.825. The number of nitrogens with two attached hydrogens (primary N) is 1. The zero-order valence-corrected chi connectivity index (χ0v) is 13.7. The van der Waals surface area contributed by atoms with Gasteiger partial charge >= 0.3 is 0 Å². The van der Waals surface area contributed by atoms with Crippen LogP contribution in [0, 0.1) is 0 Å². The smallest absolute Gasteiger partial charge is 0.273 e. The molecule has 1 aromatic heterocycles. The van der Waals surface area contributed by atoms with Crippen LogP contribution >= 0.6 is 11.3 Å².